The maximum absolute atomic E-state index is 13.0. The third kappa shape index (κ3) is 2.94. The number of pyridine rings is 1. The van der Waals surface area contributed by atoms with Gasteiger partial charge in [0.25, 0.3) is 0 Å². The molecular formula is C13H12ClFN2. The normalized spacial score (nSPS) is 10.3. The van der Waals surface area contributed by atoms with Crippen LogP contribution in [0.5, 0.6) is 0 Å². The smallest absolute Gasteiger partial charge is 0.125 e. The molecule has 1 heterocycles. The van der Waals surface area contributed by atoms with Crippen molar-refractivity contribution in [2.75, 3.05) is 5.32 Å². The Morgan fingerprint density at radius 3 is 2.94 bits per heavy atom. The minimum absolute atomic E-state index is 0.311. The van der Waals surface area contributed by atoms with Gasteiger partial charge in [0, 0.05) is 6.20 Å². The molecule has 1 N–H and O–H groups in total. The second-order valence-electron chi connectivity index (χ2n) is 3.74. The van der Waals surface area contributed by atoms with Crippen molar-refractivity contribution in [1.82, 2.24) is 4.98 Å². The zero-order valence-electron chi connectivity index (χ0n) is 9.37. The molecule has 0 aliphatic heterocycles. The molecule has 0 fully saturated rings. The first kappa shape index (κ1) is 11.9. The average molecular weight is 251 g/mol. The van der Waals surface area contributed by atoms with Crippen molar-refractivity contribution in [1.29, 1.82) is 0 Å². The summed E-state index contributed by atoms with van der Waals surface area (Å²) in [4.78, 5) is 4.25. The van der Waals surface area contributed by atoms with Crippen LogP contribution in [0.15, 0.2) is 36.5 Å². The summed E-state index contributed by atoms with van der Waals surface area (Å²) in [5.74, 6) is -0.311. The molecule has 0 atom stereocenters. The van der Waals surface area contributed by atoms with E-state index >= 15 is 0 Å². The van der Waals surface area contributed by atoms with Crippen molar-refractivity contribution in [2.45, 2.75) is 13.5 Å². The van der Waals surface area contributed by atoms with Gasteiger partial charge in [-0.05, 0) is 36.8 Å². The molecule has 0 spiro atoms. The zero-order chi connectivity index (χ0) is 12.3. The first-order chi connectivity index (χ1) is 8.16. The lowest BCUT2D eigenvalue weighted by Gasteiger charge is -2.09. The predicted octanol–water partition coefficient (Wildman–Crippen LogP) is 3.79. The highest BCUT2D eigenvalue weighted by Gasteiger charge is 2.03. The molecule has 2 nitrogen and oxygen atoms in total. The van der Waals surface area contributed by atoms with Crippen LogP contribution in [0.3, 0.4) is 0 Å². The molecule has 0 saturated heterocycles. The lowest BCUT2D eigenvalue weighted by molar-refractivity contribution is 0.628. The maximum atomic E-state index is 13.0. The SMILES string of the molecule is Cc1cccnc1CNc1cc(F)ccc1Cl. The Labute approximate surface area is 104 Å². The van der Waals surface area contributed by atoms with Crippen LogP contribution in [0.4, 0.5) is 10.1 Å². The van der Waals surface area contributed by atoms with E-state index in [1.54, 1.807) is 6.20 Å². The highest BCUT2D eigenvalue weighted by molar-refractivity contribution is 6.33. The van der Waals surface area contributed by atoms with Crippen LogP contribution >= 0.6 is 11.6 Å². The van der Waals surface area contributed by atoms with Crippen LogP contribution < -0.4 is 5.32 Å². The van der Waals surface area contributed by atoms with E-state index in [0.29, 0.717) is 17.3 Å². The Hall–Kier alpha value is -1.61. The predicted molar refractivity (Wildman–Crippen MR) is 67.7 cm³/mol. The summed E-state index contributed by atoms with van der Waals surface area (Å²) in [6.45, 7) is 2.51. The Kier molecular flexibility index (Phi) is 3.59. The standard InChI is InChI=1S/C13H12ClFN2/c1-9-3-2-6-16-13(9)8-17-12-7-10(15)4-5-11(12)14/h2-7,17H,8H2,1H3. The average Bonchev–Trinajstić information content (AvgIpc) is 2.32. The summed E-state index contributed by atoms with van der Waals surface area (Å²) in [7, 11) is 0. The number of halogens is 2. The van der Waals surface area contributed by atoms with Crippen LogP contribution in [0.2, 0.25) is 5.02 Å². The number of hydrogen-bond acceptors (Lipinski definition) is 2. The molecule has 88 valence electrons. The second kappa shape index (κ2) is 5.15. The van der Waals surface area contributed by atoms with Crippen LogP contribution in [0.25, 0.3) is 0 Å². The summed E-state index contributed by atoms with van der Waals surface area (Å²) in [5.41, 5.74) is 2.59. The Morgan fingerprint density at radius 2 is 2.18 bits per heavy atom. The molecule has 0 saturated carbocycles. The van der Waals surface area contributed by atoms with E-state index in [1.807, 2.05) is 19.1 Å². The topological polar surface area (TPSA) is 24.9 Å². The monoisotopic (exact) mass is 250 g/mol. The van der Waals surface area contributed by atoms with Crippen LogP contribution in [-0.4, -0.2) is 4.98 Å². The molecule has 1 aromatic carbocycles. The van der Waals surface area contributed by atoms with Gasteiger partial charge >= 0.3 is 0 Å². The molecule has 1 aromatic heterocycles. The Bertz CT molecular complexity index is 529. The van der Waals surface area contributed by atoms with Gasteiger partial charge in [0.05, 0.1) is 22.9 Å². The number of aromatic nitrogens is 1. The summed E-state index contributed by atoms with van der Waals surface area (Å²) in [6.07, 6.45) is 1.73. The lowest BCUT2D eigenvalue weighted by atomic mass is 10.2. The third-order valence-corrected chi connectivity index (χ3v) is 2.82. The highest BCUT2D eigenvalue weighted by Crippen LogP contribution is 2.23. The first-order valence-electron chi connectivity index (χ1n) is 5.26. The molecule has 17 heavy (non-hydrogen) atoms. The van der Waals surface area contributed by atoms with Crippen molar-refractivity contribution in [3.63, 3.8) is 0 Å². The molecular weight excluding hydrogens is 239 g/mol. The molecule has 0 aliphatic carbocycles. The highest BCUT2D eigenvalue weighted by atomic mass is 35.5. The molecule has 4 heteroatoms. The van der Waals surface area contributed by atoms with Gasteiger partial charge < -0.3 is 5.32 Å². The number of nitrogens with one attached hydrogen (secondary N) is 1. The largest absolute Gasteiger partial charge is 0.378 e. The van der Waals surface area contributed by atoms with Gasteiger partial charge in [0.1, 0.15) is 5.82 Å². The van der Waals surface area contributed by atoms with Gasteiger partial charge in [-0.2, -0.15) is 0 Å². The van der Waals surface area contributed by atoms with Crippen LogP contribution in [0, 0.1) is 12.7 Å². The number of rotatable bonds is 3. The van der Waals surface area contributed by atoms with Crippen molar-refractivity contribution in [3.8, 4) is 0 Å². The Morgan fingerprint density at radius 1 is 1.35 bits per heavy atom. The van der Waals surface area contributed by atoms with E-state index in [1.165, 1.54) is 18.2 Å². The molecule has 2 aromatic rings. The minimum Gasteiger partial charge on any atom is -0.378 e. The Balaban J connectivity index is 2.12. The summed E-state index contributed by atoms with van der Waals surface area (Å²) < 4.78 is 13.0. The molecule has 2 rings (SSSR count). The van der Waals surface area contributed by atoms with Gasteiger partial charge in [0.15, 0.2) is 0 Å². The van der Waals surface area contributed by atoms with E-state index in [2.05, 4.69) is 10.3 Å². The van der Waals surface area contributed by atoms with Crippen molar-refractivity contribution in [2.24, 2.45) is 0 Å². The second-order valence-corrected chi connectivity index (χ2v) is 4.15. The van der Waals surface area contributed by atoms with E-state index in [9.17, 15) is 4.39 Å². The number of aryl methyl sites for hydroxylation is 1. The third-order valence-electron chi connectivity index (χ3n) is 2.49. The van der Waals surface area contributed by atoms with Gasteiger partial charge in [-0.15, -0.1) is 0 Å². The lowest BCUT2D eigenvalue weighted by Crippen LogP contribution is -2.04. The number of benzene rings is 1. The van der Waals surface area contributed by atoms with Crippen molar-refractivity contribution >= 4 is 17.3 Å². The summed E-state index contributed by atoms with van der Waals surface area (Å²) >= 11 is 5.95. The number of nitrogens with zero attached hydrogens (tertiary/aromatic N) is 1. The number of anilines is 1. The van der Waals surface area contributed by atoms with Crippen molar-refractivity contribution < 1.29 is 4.39 Å². The van der Waals surface area contributed by atoms with E-state index < -0.39 is 0 Å². The summed E-state index contributed by atoms with van der Waals surface area (Å²) in [5, 5.41) is 3.58. The summed E-state index contributed by atoms with van der Waals surface area (Å²) in [6, 6.07) is 8.11. The van der Waals surface area contributed by atoms with Gasteiger partial charge in [-0.25, -0.2) is 4.39 Å². The van der Waals surface area contributed by atoms with Crippen LogP contribution in [-0.2, 0) is 6.54 Å². The van der Waals surface area contributed by atoms with E-state index in [0.717, 1.165) is 11.3 Å². The van der Waals surface area contributed by atoms with Gasteiger partial charge in [0.2, 0.25) is 0 Å². The minimum atomic E-state index is -0.311. The van der Waals surface area contributed by atoms with Gasteiger partial charge in [-0.3, -0.25) is 4.98 Å². The van der Waals surface area contributed by atoms with E-state index in [4.69, 9.17) is 11.6 Å². The molecule has 0 bridgehead atoms. The van der Waals surface area contributed by atoms with Gasteiger partial charge in [-0.1, -0.05) is 17.7 Å². The molecule has 0 amide bonds. The fourth-order valence-electron chi connectivity index (χ4n) is 1.52. The maximum Gasteiger partial charge on any atom is 0.125 e. The number of hydrogen-bond donors (Lipinski definition) is 1. The van der Waals surface area contributed by atoms with Crippen LogP contribution in [0.1, 0.15) is 11.3 Å². The quantitative estimate of drug-likeness (QED) is 0.896. The van der Waals surface area contributed by atoms with E-state index in [-0.39, 0.29) is 5.82 Å². The first-order valence-corrected chi connectivity index (χ1v) is 5.64. The molecule has 0 radical (unpaired) electrons. The zero-order valence-corrected chi connectivity index (χ0v) is 10.1. The van der Waals surface area contributed by atoms with Crippen molar-refractivity contribution in [3.05, 3.63) is 58.6 Å². The fraction of sp³-hybridized carbons (Fsp3) is 0.154. The fourth-order valence-corrected chi connectivity index (χ4v) is 1.70. The molecule has 0 unspecified atom stereocenters. The molecule has 0 aliphatic rings.